The molecular weight excluding hydrogens is 1270 g/mol. The van der Waals surface area contributed by atoms with E-state index in [9.17, 15) is 43.2 Å². The number of phosphoric ester groups is 2. The Bertz CT molecular complexity index is 1870. The lowest BCUT2D eigenvalue weighted by molar-refractivity contribution is -0.161. The van der Waals surface area contributed by atoms with Crippen LogP contribution in [0.4, 0.5) is 0 Å². The minimum atomic E-state index is -4.96. The largest absolute Gasteiger partial charge is 0.472 e. The molecule has 0 rings (SSSR count). The van der Waals surface area contributed by atoms with Gasteiger partial charge in [-0.25, -0.2) is 9.13 Å². The Morgan fingerprint density at radius 1 is 0.278 bits per heavy atom. The lowest BCUT2D eigenvalue weighted by Gasteiger charge is -2.21. The molecule has 0 aromatic carbocycles. The van der Waals surface area contributed by atoms with E-state index in [0.717, 1.165) is 102 Å². The molecule has 5 atom stereocenters. The van der Waals surface area contributed by atoms with Crippen LogP contribution in [0.2, 0.25) is 0 Å². The van der Waals surface area contributed by atoms with Gasteiger partial charge in [0.25, 0.3) is 0 Å². The van der Waals surface area contributed by atoms with Crippen LogP contribution in [-0.2, 0) is 65.4 Å². The molecule has 0 fully saturated rings. The normalized spacial score (nSPS) is 14.0. The average Bonchev–Trinajstić information content (AvgIpc) is 1.30. The maximum atomic E-state index is 13.1. The van der Waals surface area contributed by atoms with E-state index >= 15 is 0 Å². The first-order valence-electron chi connectivity index (χ1n) is 40.5. The van der Waals surface area contributed by atoms with Crippen LogP contribution in [0.3, 0.4) is 0 Å². The number of unbranched alkanes of at least 4 members (excludes halogenated alkanes) is 47. The maximum Gasteiger partial charge on any atom is 0.472 e. The fourth-order valence-electron chi connectivity index (χ4n) is 12.0. The zero-order chi connectivity index (χ0) is 71.4. The highest BCUT2D eigenvalue weighted by Crippen LogP contribution is 2.45. The summed E-state index contributed by atoms with van der Waals surface area (Å²) in [6.45, 7) is 9.48. The third-order valence-corrected chi connectivity index (χ3v) is 20.1. The average molecular weight is 1420 g/mol. The Morgan fingerprint density at radius 2 is 0.474 bits per heavy atom. The molecule has 0 bridgehead atoms. The highest BCUT2D eigenvalue weighted by molar-refractivity contribution is 7.47. The predicted octanol–water partition coefficient (Wildman–Crippen LogP) is 23.1. The highest BCUT2D eigenvalue weighted by Gasteiger charge is 2.30. The lowest BCUT2D eigenvalue weighted by atomic mass is 10.0. The van der Waals surface area contributed by atoms with Crippen molar-refractivity contribution in [1.82, 2.24) is 0 Å². The number of carbonyl (C=O) groups is 4. The first-order valence-corrected chi connectivity index (χ1v) is 43.5. The van der Waals surface area contributed by atoms with Crippen LogP contribution in [0.25, 0.3) is 0 Å². The number of ether oxygens (including phenoxy) is 4. The molecule has 17 nitrogen and oxygen atoms in total. The summed E-state index contributed by atoms with van der Waals surface area (Å²) in [6, 6.07) is 0. The highest BCUT2D eigenvalue weighted by atomic mass is 31.2. The fourth-order valence-corrected chi connectivity index (χ4v) is 13.6. The van der Waals surface area contributed by atoms with Crippen molar-refractivity contribution in [3.05, 3.63) is 0 Å². The quantitative estimate of drug-likeness (QED) is 0.0222. The van der Waals surface area contributed by atoms with E-state index in [0.29, 0.717) is 31.6 Å². The van der Waals surface area contributed by atoms with Crippen LogP contribution in [0.15, 0.2) is 0 Å². The summed E-state index contributed by atoms with van der Waals surface area (Å²) in [5.74, 6) is -0.720. The van der Waals surface area contributed by atoms with Crippen LogP contribution < -0.4 is 0 Å². The minimum absolute atomic E-state index is 0.104. The standard InChI is InChI=1S/C78H152O17P2/c1-7-9-11-13-15-17-19-21-23-25-26-27-28-29-31-33-35-37-42-50-56-62-77(82)94-73(66-88-75(80)60-54-48-41-36-34-32-30-24-22-20-18-16-14-12-10-8-2)68-92-96(84,85)90-64-72(79)65-91-97(86,87)93-69-74(67-89-76(81)61-55-49-45-44-47-53-59-71(5)6)95-78(83)63-57-51-43-39-38-40-46-52-58-70(3)4/h70-74,79H,7-69H2,1-6H3,(H,84,85)(H,86,87)/t72-,73-,74-/m1/s1. The molecule has 0 radical (unpaired) electrons. The smallest absolute Gasteiger partial charge is 0.462 e. The number of esters is 4. The van der Waals surface area contributed by atoms with Gasteiger partial charge in [0.05, 0.1) is 26.4 Å². The first kappa shape index (κ1) is 95.1. The molecule has 97 heavy (non-hydrogen) atoms. The van der Waals surface area contributed by atoms with Gasteiger partial charge < -0.3 is 33.8 Å². The summed E-state index contributed by atoms with van der Waals surface area (Å²) < 4.78 is 68.5. The van der Waals surface area contributed by atoms with Gasteiger partial charge >= 0.3 is 39.5 Å². The monoisotopic (exact) mass is 1420 g/mol. The zero-order valence-corrected chi connectivity index (χ0v) is 65.2. The maximum absolute atomic E-state index is 13.1. The van der Waals surface area contributed by atoms with Crippen LogP contribution in [0, 0.1) is 11.8 Å². The van der Waals surface area contributed by atoms with Crippen LogP contribution in [0.5, 0.6) is 0 Å². The molecule has 0 aromatic rings. The van der Waals surface area contributed by atoms with Crippen molar-refractivity contribution in [3.8, 4) is 0 Å². The number of aliphatic hydroxyl groups excluding tert-OH is 1. The summed E-state index contributed by atoms with van der Waals surface area (Å²) in [6.07, 6.45) is 58.7. The number of phosphoric acid groups is 2. The third kappa shape index (κ3) is 72.2. The summed E-state index contributed by atoms with van der Waals surface area (Å²) in [7, 11) is -9.91. The van der Waals surface area contributed by atoms with Crippen molar-refractivity contribution in [2.24, 2.45) is 11.8 Å². The van der Waals surface area contributed by atoms with Crippen molar-refractivity contribution < 1.29 is 80.2 Å². The van der Waals surface area contributed by atoms with Gasteiger partial charge in [0.2, 0.25) is 0 Å². The molecular formula is C78H152O17P2. The van der Waals surface area contributed by atoms with Crippen molar-refractivity contribution in [1.29, 1.82) is 0 Å². The summed E-state index contributed by atoms with van der Waals surface area (Å²) in [4.78, 5) is 72.8. The number of rotatable bonds is 77. The van der Waals surface area contributed by atoms with Gasteiger partial charge in [0.15, 0.2) is 12.2 Å². The van der Waals surface area contributed by atoms with E-state index in [1.165, 1.54) is 218 Å². The Balaban J connectivity index is 5.19. The summed E-state index contributed by atoms with van der Waals surface area (Å²) in [5, 5.41) is 10.6. The molecule has 3 N–H and O–H groups in total. The van der Waals surface area contributed by atoms with Gasteiger partial charge in [-0.3, -0.25) is 37.3 Å². The SMILES string of the molecule is CCCCCCCCCCCCCCCCCCCCCCCC(=O)O[C@H](COC(=O)CCCCCCCCCCCCCCCCCC)COP(=O)(O)OC[C@@H](O)COP(=O)(O)OC[C@@H](COC(=O)CCCCCCCCC(C)C)OC(=O)CCCCCCCCCCC(C)C. The second-order valence-corrected chi connectivity index (χ2v) is 32.0. The summed E-state index contributed by atoms with van der Waals surface area (Å²) in [5.41, 5.74) is 0. The van der Waals surface area contributed by atoms with Gasteiger partial charge in [-0.15, -0.1) is 0 Å². The molecule has 0 spiro atoms. The van der Waals surface area contributed by atoms with Crippen molar-refractivity contribution in [3.63, 3.8) is 0 Å². The summed E-state index contributed by atoms with van der Waals surface area (Å²) >= 11 is 0. The molecule has 0 amide bonds. The van der Waals surface area contributed by atoms with E-state index in [4.69, 9.17) is 37.0 Å². The third-order valence-electron chi connectivity index (χ3n) is 18.2. The Labute approximate surface area is 594 Å². The fraction of sp³-hybridized carbons (Fsp3) is 0.949. The molecule has 2 unspecified atom stereocenters. The van der Waals surface area contributed by atoms with Crippen LogP contribution in [-0.4, -0.2) is 96.7 Å². The van der Waals surface area contributed by atoms with Gasteiger partial charge in [-0.2, -0.15) is 0 Å². The Morgan fingerprint density at radius 3 is 0.701 bits per heavy atom. The number of hydrogen-bond donors (Lipinski definition) is 3. The molecule has 0 aromatic heterocycles. The van der Waals surface area contributed by atoms with Gasteiger partial charge in [0.1, 0.15) is 19.3 Å². The molecule has 0 aliphatic rings. The molecule has 0 saturated heterocycles. The van der Waals surface area contributed by atoms with Gasteiger partial charge in [0, 0.05) is 25.7 Å². The first-order chi connectivity index (χ1) is 46.9. The van der Waals surface area contributed by atoms with E-state index in [2.05, 4.69) is 41.5 Å². The molecule has 0 heterocycles. The van der Waals surface area contributed by atoms with E-state index in [1.807, 2.05) is 0 Å². The Kier molecular flexibility index (Phi) is 68.4. The molecule has 0 aliphatic carbocycles. The van der Waals surface area contributed by atoms with Crippen molar-refractivity contribution in [2.45, 2.75) is 426 Å². The molecule has 576 valence electrons. The zero-order valence-electron chi connectivity index (χ0n) is 63.4. The number of hydrogen-bond acceptors (Lipinski definition) is 15. The van der Waals surface area contributed by atoms with Gasteiger partial charge in [-0.1, -0.05) is 356 Å². The van der Waals surface area contributed by atoms with Crippen molar-refractivity contribution >= 4 is 39.5 Å². The molecule has 0 aliphatic heterocycles. The second kappa shape index (κ2) is 69.8. The predicted molar refractivity (Wildman–Crippen MR) is 395 cm³/mol. The van der Waals surface area contributed by atoms with E-state index in [-0.39, 0.29) is 25.7 Å². The Hall–Kier alpha value is -1.94. The van der Waals surface area contributed by atoms with Gasteiger partial charge in [-0.05, 0) is 37.5 Å². The van der Waals surface area contributed by atoms with Crippen LogP contribution >= 0.6 is 15.6 Å². The van der Waals surface area contributed by atoms with E-state index < -0.39 is 97.5 Å². The lowest BCUT2D eigenvalue weighted by Crippen LogP contribution is -2.30. The second-order valence-electron chi connectivity index (χ2n) is 29.1. The minimum Gasteiger partial charge on any atom is -0.462 e. The molecule has 0 saturated carbocycles. The van der Waals surface area contributed by atoms with Crippen LogP contribution in [0.1, 0.15) is 408 Å². The topological polar surface area (TPSA) is 237 Å². The van der Waals surface area contributed by atoms with E-state index in [1.54, 1.807) is 0 Å². The molecule has 19 heteroatoms. The van der Waals surface area contributed by atoms with Crippen molar-refractivity contribution in [2.75, 3.05) is 39.6 Å². The number of aliphatic hydroxyl groups is 1. The number of carbonyl (C=O) groups excluding carboxylic acids is 4.